The molecule has 2 aromatic carbocycles. The number of H-pyrrole nitrogens is 1. The van der Waals surface area contributed by atoms with Gasteiger partial charge in [0, 0.05) is 43.8 Å². The molecule has 1 aromatic heterocycles. The van der Waals surface area contributed by atoms with Crippen molar-refractivity contribution < 1.29 is 18.6 Å². The normalized spacial score (nSPS) is 15.4. The molecule has 152 valence electrons. The molecule has 6 nitrogen and oxygen atoms in total. The summed E-state index contributed by atoms with van der Waals surface area (Å²) in [7, 11) is 0. The molecule has 1 saturated heterocycles. The molecule has 0 radical (unpaired) electrons. The molecule has 3 N–H and O–H groups in total. The van der Waals surface area contributed by atoms with Crippen LogP contribution in [0.4, 0.5) is 20.2 Å². The van der Waals surface area contributed by atoms with Gasteiger partial charge < -0.3 is 20.1 Å². The van der Waals surface area contributed by atoms with Crippen LogP contribution in [0.2, 0.25) is 0 Å². The van der Waals surface area contributed by atoms with Crippen LogP contribution in [-0.4, -0.2) is 60.6 Å². The van der Waals surface area contributed by atoms with Crippen molar-refractivity contribution in [1.29, 1.82) is 0 Å². The van der Waals surface area contributed by atoms with Gasteiger partial charge in [0.05, 0.1) is 35.7 Å². The van der Waals surface area contributed by atoms with Crippen molar-refractivity contribution in [2.45, 2.75) is 0 Å². The Balaban J connectivity index is 1.42. The van der Waals surface area contributed by atoms with Gasteiger partial charge in [0.1, 0.15) is 11.6 Å². The third kappa shape index (κ3) is 4.55. The summed E-state index contributed by atoms with van der Waals surface area (Å²) in [5.74, 6) is -0.913. The Labute approximate surface area is 166 Å². The Morgan fingerprint density at radius 2 is 2.00 bits per heavy atom. The van der Waals surface area contributed by atoms with Gasteiger partial charge in [-0.1, -0.05) is 0 Å². The number of fused-ring (bicyclic) bond motifs is 1. The second-order valence-electron chi connectivity index (χ2n) is 6.88. The number of aliphatic imine (C=N–C) groups is 1. The van der Waals surface area contributed by atoms with Gasteiger partial charge in [-0.15, -0.1) is 0 Å². The Morgan fingerprint density at radius 1 is 1.17 bits per heavy atom. The lowest BCUT2D eigenvalue weighted by Gasteiger charge is -2.26. The molecule has 0 unspecified atom stereocenters. The monoisotopic (exact) mass is 400 g/mol. The summed E-state index contributed by atoms with van der Waals surface area (Å²) in [4.78, 5) is 9.22. The minimum absolute atomic E-state index is 0.115. The van der Waals surface area contributed by atoms with E-state index in [1.807, 2.05) is 0 Å². The third-order valence-corrected chi connectivity index (χ3v) is 4.92. The maximum absolute atomic E-state index is 14.4. The number of aromatic amines is 1. The fourth-order valence-electron chi connectivity index (χ4n) is 3.35. The first-order chi connectivity index (χ1) is 14.1. The lowest BCUT2D eigenvalue weighted by Crippen LogP contribution is -2.39. The predicted octanol–water partition coefficient (Wildman–Crippen LogP) is 3.65. The van der Waals surface area contributed by atoms with E-state index in [2.05, 4.69) is 20.2 Å². The van der Waals surface area contributed by atoms with E-state index in [-0.39, 0.29) is 5.88 Å². The zero-order valence-corrected chi connectivity index (χ0v) is 15.8. The van der Waals surface area contributed by atoms with Crippen LogP contribution in [0.25, 0.3) is 10.9 Å². The molecule has 1 fully saturated rings. The number of halogens is 2. The SMILES string of the molecule is Oc1[nH]c2cc(F)ccc2c1C=Nc1ccc(NCCN2CCOCC2)c(F)c1. The highest BCUT2D eigenvalue weighted by atomic mass is 19.1. The first-order valence-corrected chi connectivity index (χ1v) is 9.48. The van der Waals surface area contributed by atoms with Gasteiger partial charge in [0.15, 0.2) is 5.88 Å². The second kappa shape index (κ2) is 8.59. The summed E-state index contributed by atoms with van der Waals surface area (Å²) in [5.41, 5.74) is 1.72. The Hall–Kier alpha value is -2.97. The first kappa shape index (κ1) is 19.4. The highest BCUT2D eigenvalue weighted by molar-refractivity contribution is 6.02. The van der Waals surface area contributed by atoms with E-state index in [0.29, 0.717) is 34.4 Å². The fourth-order valence-corrected chi connectivity index (χ4v) is 3.35. The van der Waals surface area contributed by atoms with E-state index in [1.165, 1.54) is 24.4 Å². The maximum atomic E-state index is 14.4. The molecule has 0 saturated carbocycles. The van der Waals surface area contributed by atoms with Gasteiger partial charge in [-0.25, -0.2) is 8.78 Å². The van der Waals surface area contributed by atoms with Gasteiger partial charge in [0.25, 0.3) is 0 Å². The van der Waals surface area contributed by atoms with Gasteiger partial charge in [-0.2, -0.15) is 0 Å². The Morgan fingerprint density at radius 3 is 2.79 bits per heavy atom. The van der Waals surface area contributed by atoms with Crippen LogP contribution in [0.15, 0.2) is 41.4 Å². The van der Waals surface area contributed by atoms with E-state index in [1.54, 1.807) is 18.2 Å². The summed E-state index contributed by atoms with van der Waals surface area (Å²) in [6, 6.07) is 8.84. The van der Waals surface area contributed by atoms with Crippen LogP contribution in [0.3, 0.4) is 0 Å². The van der Waals surface area contributed by atoms with E-state index < -0.39 is 11.6 Å². The quantitative estimate of drug-likeness (QED) is 0.553. The smallest absolute Gasteiger partial charge is 0.198 e. The number of anilines is 1. The van der Waals surface area contributed by atoms with Crippen molar-refractivity contribution in [1.82, 2.24) is 9.88 Å². The zero-order valence-electron chi connectivity index (χ0n) is 15.8. The predicted molar refractivity (Wildman–Crippen MR) is 109 cm³/mol. The lowest BCUT2D eigenvalue weighted by atomic mass is 10.2. The van der Waals surface area contributed by atoms with Crippen LogP contribution in [-0.2, 0) is 4.74 Å². The maximum Gasteiger partial charge on any atom is 0.198 e. The van der Waals surface area contributed by atoms with E-state index in [4.69, 9.17) is 4.74 Å². The molecule has 2 heterocycles. The summed E-state index contributed by atoms with van der Waals surface area (Å²) in [6.45, 7) is 4.72. The number of rotatable bonds is 6. The number of aromatic hydroxyl groups is 1. The van der Waals surface area contributed by atoms with Gasteiger partial charge in [-0.05, 0) is 30.3 Å². The molecular formula is C21H22F2N4O2. The number of morpholine rings is 1. The largest absolute Gasteiger partial charge is 0.494 e. The molecule has 0 atom stereocenters. The van der Waals surface area contributed by atoms with Crippen LogP contribution in [0.5, 0.6) is 5.88 Å². The van der Waals surface area contributed by atoms with Gasteiger partial charge >= 0.3 is 0 Å². The first-order valence-electron chi connectivity index (χ1n) is 9.48. The zero-order chi connectivity index (χ0) is 20.2. The van der Waals surface area contributed by atoms with Crippen molar-refractivity contribution in [3.63, 3.8) is 0 Å². The molecule has 29 heavy (non-hydrogen) atoms. The van der Waals surface area contributed by atoms with Crippen molar-refractivity contribution >= 4 is 28.5 Å². The number of nitrogens with one attached hydrogen (secondary N) is 2. The average molecular weight is 400 g/mol. The van der Waals surface area contributed by atoms with Crippen molar-refractivity contribution in [2.24, 2.45) is 4.99 Å². The summed E-state index contributed by atoms with van der Waals surface area (Å²) in [5, 5.41) is 13.8. The highest BCUT2D eigenvalue weighted by Crippen LogP contribution is 2.27. The summed E-state index contributed by atoms with van der Waals surface area (Å²) < 4.78 is 33.0. The third-order valence-electron chi connectivity index (χ3n) is 4.92. The minimum Gasteiger partial charge on any atom is -0.494 e. The second-order valence-corrected chi connectivity index (χ2v) is 6.88. The molecule has 0 bridgehead atoms. The van der Waals surface area contributed by atoms with Crippen molar-refractivity contribution in [3.05, 3.63) is 53.6 Å². The molecule has 8 heteroatoms. The molecular weight excluding hydrogens is 378 g/mol. The lowest BCUT2D eigenvalue weighted by molar-refractivity contribution is 0.0398. The van der Waals surface area contributed by atoms with E-state index in [9.17, 15) is 13.9 Å². The molecule has 0 aliphatic carbocycles. The van der Waals surface area contributed by atoms with Crippen LogP contribution in [0.1, 0.15) is 5.56 Å². The number of hydrogen-bond donors (Lipinski definition) is 3. The number of benzene rings is 2. The summed E-state index contributed by atoms with van der Waals surface area (Å²) >= 11 is 0. The molecule has 0 spiro atoms. The van der Waals surface area contributed by atoms with E-state index >= 15 is 0 Å². The van der Waals surface area contributed by atoms with Crippen LogP contribution >= 0.6 is 0 Å². The number of ether oxygens (including phenoxy) is 1. The highest BCUT2D eigenvalue weighted by Gasteiger charge is 2.11. The van der Waals surface area contributed by atoms with Crippen molar-refractivity contribution in [3.8, 4) is 5.88 Å². The van der Waals surface area contributed by atoms with Gasteiger partial charge in [-0.3, -0.25) is 9.89 Å². The Kier molecular flexibility index (Phi) is 5.73. The van der Waals surface area contributed by atoms with Crippen LogP contribution in [0, 0.1) is 11.6 Å². The molecule has 4 rings (SSSR count). The topological polar surface area (TPSA) is 72.9 Å². The standard InChI is InChI=1S/C21H22F2N4O2/c22-14-1-3-16-17(21(28)26-20(16)11-14)13-25-15-2-4-19(18(23)12-15)24-5-6-27-7-9-29-10-8-27/h1-4,11-13,24,26,28H,5-10H2. The molecule has 1 aliphatic heterocycles. The minimum atomic E-state index is -0.402. The van der Waals surface area contributed by atoms with Gasteiger partial charge in [0.2, 0.25) is 0 Å². The number of aromatic nitrogens is 1. The average Bonchev–Trinajstić information content (AvgIpc) is 3.02. The Bertz CT molecular complexity index is 1030. The van der Waals surface area contributed by atoms with E-state index in [0.717, 1.165) is 32.8 Å². The molecule has 0 amide bonds. The van der Waals surface area contributed by atoms with Crippen molar-refractivity contribution in [2.75, 3.05) is 44.7 Å². The summed E-state index contributed by atoms with van der Waals surface area (Å²) in [6.07, 6.45) is 1.44. The van der Waals surface area contributed by atoms with Crippen LogP contribution < -0.4 is 5.32 Å². The molecule has 1 aliphatic rings. The number of hydrogen-bond acceptors (Lipinski definition) is 5. The number of nitrogens with zero attached hydrogens (tertiary/aromatic N) is 2. The molecule has 3 aromatic rings. The fraction of sp³-hybridized carbons (Fsp3) is 0.286.